The van der Waals surface area contributed by atoms with Gasteiger partial charge in [-0.05, 0) is 43.4 Å². The number of likely N-dealkylation sites (N-methyl/N-ethyl adjacent to an activating group) is 1. The van der Waals surface area contributed by atoms with E-state index < -0.39 is 0 Å². The molecule has 0 bridgehead atoms. The van der Waals surface area contributed by atoms with E-state index in [-0.39, 0.29) is 12.3 Å². The number of pyridine rings is 1. The fourth-order valence-corrected chi connectivity index (χ4v) is 3.81. The molecule has 0 atom stereocenters. The third-order valence-electron chi connectivity index (χ3n) is 6.03. The van der Waals surface area contributed by atoms with Crippen molar-refractivity contribution < 1.29 is 9.53 Å². The van der Waals surface area contributed by atoms with Gasteiger partial charge in [-0.2, -0.15) is 0 Å². The number of hydrogen-bond acceptors (Lipinski definition) is 5. The minimum atomic E-state index is -0.0314. The fourth-order valence-electron chi connectivity index (χ4n) is 3.81. The summed E-state index contributed by atoms with van der Waals surface area (Å²) in [4.78, 5) is 21.4. The number of likely N-dealkylation sites (tertiary alicyclic amines) is 1. The van der Waals surface area contributed by atoms with E-state index in [4.69, 9.17) is 4.74 Å². The van der Waals surface area contributed by atoms with Crippen molar-refractivity contribution in [3.05, 3.63) is 84.2 Å². The zero-order chi connectivity index (χ0) is 23.0. The summed E-state index contributed by atoms with van der Waals surface area (Å²) in [6.07, 6.45) is 2.09. The van der Waals surface area contributed by atoms with Crippen LogP contribution in [0, 0.1) is 0 Å². The molecule has 3 aromatic rings. The van der Waals surface area contributed by atoms with E-state index in [0.717, 1.165) is 47.8 Å². The van der Waals surface area contributed by atoms with E-state index in [9.17, 15) is 4.79 Å². The van der Waals surface area contributed by atoms with Gasteiger partial charge >= 0.3 is 0 Å². The molecule has 2 heterocycles. The van der Waals surface area contributed by atoms with Gasteiger partial charge in [0.1, 0.15) is 12.4 Å². The van der Waals surface area contributed by atoms with Crippen molar-refractivity contribution in [1.82, 2.24) is 20.1 Å². The number of benzene rings is 2. The molecule has 1 amide bonds. The standard InChI is InChI=1S/C27H32N4O2/c1-30(2)25-19-31(20-25)14-15-33-26-12-9-22(10-13-26)23-8-11-24(28-18-23)16-27(32)29-17-21-6-4-3-5-7-21/h3-13,18,25H,14-17,19-20H2,1-2H3,(H,29,32). The lowest BCUT2D eigenvalue weighted by Crippen LogP contribution is -2.57. The summed E-state index contributed by atoms with van der Waals surface area (Å²) < 4.78 is 5.90. The van der Waals surface area contributed by atoms with Crippen molar-refractivity contribution in [2.75, 3.05) is 40.3 Å². The van der Waals surface area contributed by atoms with Crippen LogP contribution in [0.4, 0.5) is 0 Å². The maximum atomic E-state index is 12.2. The van der Waals surface area contributed by atoms with Gasteiger partial charge in [0, 0.05) is 49.7 Å². The Labute approximate surface area is 196 Å². The fraction of sp³-hybridized carbons (Fsp3) is 0.333. The zero-order valence-electron chi connectivity index (χ0n) is 19.4. The SMILES string of the molecule is CN(C)C1CN(CCOc2ccc(-c3ccc(CC(=O)NCc4ccccc4)nc3)cc2)C1. The highest BCUT2D eigenvalue weighted by Crippen LogP contribution is 2.22. The molecular formula is C27H32N4O2. The molecule has 1 aromatic heterocycles. The number of aromatic nitrogens is 1. The van der Waals surface area contributed by atoms with E-state index in [1.165, 1.54) is 0 Å². The van der Waals surface area contributed by atoms with Crippen LogP contribution < -0.4 is 10.1 Å². The summed E-state index contributed by atoms with van der Waals surface area (Å²) in [5.41, 5.74) is 3.93. The molecule has 1 saturated heterocycles. The second-order valence-corrected chi connectivity index (χ2v) is 8.73. The number of amides is 1. The molecule has 1 aliphatic heterocycles. The summed E-state index contributed by atoms with van der Waals surface area (Å²) in [5.74, 6) is 0.846. The maximum Gasteiger partial charge on any atom is 0.226 e. The van der Waals surface area contributed by atoms with Crippen LogP contribution in [0.3, 0.4) is 0 Å². The number of nitrogens with one attached hydrogen (secondary N) is 1. The van der Waals surface area contributed by atoms with Crippen molar-refractivity contribution >= 4 is 5.91 Å². The number of carbonyl (C=O) groups excluding carboxylic acids is 1. The smallest absolute Gasteiger partial charge is 0.226 e. The van der Waals surface area contributed by atoms with Gasteiger partial charge in [0.05, 0.1) is 6.42 Å². The molecule has 4 rings (SSSR count). The third kappa shape index (κ3) is 6.63. The molecule has 0 aliphatic carbocycles. The van der Waals surface area contributed by atoms with Gasteiger partial charge < -0.3 is 15.0 Å². The summed E-state index contributed by atoms with van der Waals surface area (Å²) in [5, 5.41) is 2.94. The van der Waals surface area contributed by atoms with Crippen molar-refractivity contribution in [2.45, 2.75) is 19.0 Å². The molecule has 0 unspecified atom stereocenters. The molecule has 33 heavy (non-hydrogen) atoms. The van der Waals surface area contributed by atoms with Crippen molar-refractivity contribution in [2.24, 2.45) is 0 Å². The predicted octanol–water partition coefficient (Wildman–Crippen LogP) is 3.23. The Bertz CT molecular complexity index is 1010. The molecule has 0 spiro atoms. The third-order valence-corrected chi connectivity index (χ3v) is 6.03. The number of rotatable bonds is 10. The van der Waals surface area contributed by atoms with Crippen LogP contribution in [-0.2, 0) is 17.8 Å². The molecule has 1 fully saturated rings. The minimum absolute atomic E-state index is 0.0314. The predicted molar refractivity (Wildman–Crippen MR) is 131 cm³/mol. The zero-order valence-corrected chi connectivity index (χ0v) is 19.4. The van der Waals surface area contributed by atoms with E-state index in [0.29, 0.717) is 19.2 Å². The topological polar surface area (TPSA) is 57.7 Å². The number of nitrogens with zero attached hydrogens (tertiary/aromatic N) is 3. The summed E-state index contributed by atoms with van der Waals surface area (Å²) in [7, 11) is 4.26. The van der Waals surface area contributed by atoms with Crippen molar-refractivity contribution in [1.29, 1.82) is 0 Å². The van der Waals surface area contributed by atoms with Crippen molar-refractivity contribution in [3.8, 4) is 16.9 Å². The Hall–Kier alpha value is -3.22. The number of ether oxygens (including phenoxy) is 1. The highest BCUT2D eigenvalue weighted by Gasteiger charge is 2.27. The lowest BCUT2D eigenvalue weighted by atomic mass is 10.1. The van der Waals surface area contributed by atoms with Gasteiger partial charge in [-0.3, -0.25) is 14.7 Å². The van der Waals surface area contributed by atoms with E-state index in [2.05, 4.69) is 34.2 Å². The first-order valence-electron chi connectivity index (χ1n) is 11.4. The summed E-state index contributed by atoms with van der Waals surface area (Å²) >= 11 is 0. The highest BCUT2D eigenvalue weighted by molar-refractivity contribution is 5.78. The van der Waals surface area contributed by atoms with Crippen LogP contribution in [0.5, 0.6) is 5.75 Å². The first-order chi connectivity index (χ1) is 16.1. The van der Waals surface area contributed by atoms with Gasteiger partial charge in [-0.15, -0.1) is 0 Å². The van der Waals surface area contributed by atoms with Gasteiger partial charge in [0.25, 0.3) is 0 Å². The van der Waals surface area contributed by atoms with Gasteiger partial charge in [-0.25, -0.2) is 0 Å². The molecule has 6 heteroatoms. The minimum Gasteiger partial charge on any atom is -0.492 e. The molecule has 172 valence electrons. The van der Waals surface area contributed by atoms with E-state index in [1.807, 2.05) is 72.9 Å². The molecule has 1 aliphatic rings. The van der Waals surface area contributed by atoms with E-state index >= 15 is 0 Å². The Kier molecular flexibility index (Phi) is 7.70. The molecule has 2 aromatic carbocycles. The Morgan fingerprint density at radius 1 is 1.03 bits per heavy atom. The lowest BCUT2D eigenvalue weighted by Gasteiger charge is -2.42. The van der Waals surface area contributed by atoms with Crippen LogP contribution in [-0.4, -0.2) is 67.1 Å². The first kappa shape index (κ1) is 23.0. The Balaban J connectivity index is 1.21. The molecule has 0 saturated carbocycles. The maximum absolute atomic E-state index is 12.2. The molecule has 6 nitrogen and oxygen atoms in total. The van der Waals surface area contributed by atoms with Gasteiger partial charge in [0.2, 0.25) is 5.91 Å². The van der Waals surface area contributed by atoms with Crippen LogP contribution in [0.15, 0.2) is 72.9 Å². The first-order valence-corrected chi connectivity index (χ1v) is 11.4. The average Bonchev–Trinajstić information content (AvgIpc) is 2.80. The van der Waals surface area contributed by atoms with Gasteiger partial charge in [0.15, 0.2) is 0 Å². The van der Waals surface area contributed by atoms with Gasteiger partial charge in [-0.1, -0.05) is 48.5 Å². The molecule has 0 radical (unpaired) electrons. The quantitative estimate of drug-likeness (QED) is 0.520. The number of carbonyl (C=O) groups is 1. The Morgan fingerprint density at radius 3 is 2.42 bits per heavy atom. The van der Waals surface area contributed by atoms with Crippen LogP contribution in [0.25, 0.3) is 11.1 Å². The second-order valence-electron chi connectivity index (χ2n) is 8.73. The monoisotopic (exact) mass is 444 g/mol. The van der Waals surface area contributed by atoms with Crippen LogP contribution in [0.1, 0.15) is 11.3 Å². The largest absolute Gasteiger partial charge is 0.492 e. The molecule has 1 N–H and O–H groups in total. The summed E-state index contributed by atoms with van der Waals surface area (Å²) in [6, 6.07) is 22.6. The normalized spacial score (nSPS) is 14.2. The van der Waals surface area contributed by atoms with Crippen LogP contribution >= 0.6 is 0 Å². The number of hydrogen-bond donors (Lipinski definition) is 1. The van der Waals surface area contributed by atoms with Crippen molar-refractivity contribution in [3.63, 3.8) is 0 Å². The lowest BCUT2D eigenvalue weighted by molar-refractivity contribution is -0.120. The highest BCUT2D eigenvalue weighted by atomic mass is 16.5. The average molecular weight is 445 g/mol. The molecular weight excluding hydrogens is 412 g/mol. The summed E-state index contributed by atoms with van der Waals surface area (Å²) in [6.45, 7) is 4.42. The Morgan fingerprint density at radius 2 is 1.76 bits per heavy atom. The van der Waals surface area contributed by atoms with Crippen LogP contribution in [0.2, 0.25) is 0 Å². The second kappa shape index (κ2) is 11.1. The van der Waals surface area contributed by atoms with E-state index in [1.54, 1.807) is 0 Å².